The Balaban J connectivity index is 1.73. The standard InChI is InChI=1S/C14H11N3OS/c18-11-3-1-2-9-10(11)5-12-14(9)17-13(19-12)4-8-6-15-7-16-8/h1-3,6-7,18H,4-5H2,(H,15,16). The fourth-order valence-corrected chi connectivity index (χ4v) is 3.61. The SMILES string of the molecule is Oc1cccc2c1Cc1sc(Cc3cnc[nH]3)nc1-2. The molecule has 0 aliphatic heterocycles. The Hall–Kier alpha value is -2.14. The van der Waals surface area contributed by atoms with E-state index in [0.717, 1.165) is 40.4 Å². The van der Waals surface area contributed by atoms with Crippen LogP contribution in [0, 0.1) is 0 Å². The van der Waals surface area contributed by atoms with Crippen LogP contribution in [0.5, 0.6) is 5.75 Å². The van der Waals surface area contributed by atoms with E-state index in [4.69, 9.17) is 4.98 Å². The predicted octanol–water partition coefficient (Wildman–Crippen LogP) is 2.73. The van der Waals surface area contributed by atoms with Gasteiger partial charge in [-0.2, -0.15) is 0 Å². The molecule has 3 aromatic rings. The minimum Gasteiger partial charge on any atom is -0.508 e. The summed E-state index contributed by atoms with van der Waals surface area (Å²) >= 11 is 1.72. The molecule has 0 fully saturated rings. The van der Waals surface area contributed by atoms with Crippen molar-refractivity contribution in [3.05, 3.63) is 51.9 Å². The summed E-state index contributed by atoms with van der Waals surface area (Å²) in [5, 5.41) is 10.9. The topological polar surface area (TPSA) is 61.8 Å². The normalized spacial score (nSPS) is 12.4. The van der Waals surface area contributed by atoms with Crippen molar-refractivity contribution >= 4 is 11.3 Å². The molecule has 0 saturated carbocycles. The van der Waals surface area contributed by atoms with Crippen LogP contribution in [0.4, 0.5) is 0 Å². The molecule has 94 valence electrons. The lowest BCUT2D eigenvalue weighted by atomic mass is 10.1. The van der Waals surface area contributed by atoms with Crippen LogP contribution in [0.25, 0.3) is 11.3 Å². The number of aromatic amines is 1. The van der Waals surface area contributed by atoms with Gasteiger partial charge >= 0.3 is 0 Å². The van der Waals surface area contributed by atoms with Gasteiger partial charge in [-0.15, -0.1) is 11.3 Å². The average molecular weight is 269 g/mol. The van der Waals surface area contributed by atoms with Gasteiger partial charge in [0.15, 0.2) is 0 Å². The highest BCUT2D eigenvalue weighted by molar-refractivity contribution is 7.12. The first-order chi connectivity index (χ1) is 9.31. The summed E-state index contributed by atoms with van der Waals surface area (Å²) in [7, 11) is 0. The van der Waals surface area contributed by atoms with Gasteiger partial charge in [0.05, 0.1) is 17.0 Å². The van der Waals surface area contributed by atoms with Crippen LogP contribution in [0.2, 0.25) is 0 Å². The number of rotatable bonds is 2. The van der Waals surface area contributed by atoms with Crippen LogP contribution >= 0.6 is 11.3 Å². The van der Waals surface area contributed by atoms with Gasteiger partial charge in [-0.05, 0) is 6.07 Å². The molecule has 1 aromatic carbocycles. The lowest BCUT2D eigenvalue weighted by Crippen LogP contribution is -1.88. The van der Waals surface area contributed by atoms with Gasteiger partial charge in [0, 0.05) is 40.7 Å². The molecule has 5 heteroatoms. The molecule has 2 heterocycles. The van der Waals surface area contributed by atoms with Gasteiger partial charge in [0.1, 0.15) is 5.75 Å². The summed E-state index contributed by atoms with van der Waals surface area (Å²) in [4.78, 5) is 13.1. The fourth-order valence-electron chi connectivity index (χ4n) is 2.49. The van der Waals surface area contributed by atoms with E-state index >= 15 is 0 Å². The first-order valence-corrected chi connectivity index (χ1v) is 6.90. The number of benzene rings is 1. The minimum absolute atomic E-state index is 0.373. The van der Waals surface area contributed by atoms with Gasteiger partial charge in [-0.3, -0.25) is 0 Å². The third-order valence-electron chi connectivity index (χ3n) is 3.38. The number of aromatic nitrogens is 3. The van der Waals surface area contributed by atoms with E-state index in [1.54, 1.807) is 23.7 Å². The lowest BCUT2D eigenvalue weighted by molar-refractivity contribution is 0.470. The molecule has 19 heavy (non-hydrogen) atoms. The number of imidazole rings is 1. The van der Waals surface area contributed by atoms with Crippen molar-refractivity contribution in [2.45, 2.75) is 12.8 Å². The van der Waals surface area contributed by atoms with Crippen molar-refractivity contribution in [2.75, 3.05) is 0 Å². The summed E-state index contributed by atoms with van der Waals surface area (Å²) < 4.78 is 0. The number of hydrogen-bond acceptors (Lipinski definition) is 4. The fraction of sp³-hybridized carbons (Fsp3) is 0.143. The van der Waals surface area contributed by atoms with Gasteiger partial charge in [0.25, 0.3) is 0 Å². The summed E-state index contributed by atoms with van der Waals surface area (Å²) in [6.45, 7) is 0. The summed E-state index contributed by atoms with van der Waals surface area (Å²) in [6.07, 6.45) is 5.08. The Labute approximate surface area is 113 Å². The number of hydrogen-bond donors (Lipinski definition) is 2. The minimum atomic E-state index is 0.373. The predicted molar refractivity (Wildman–Crippen MR) is 73.4 cm³/mol. The smallest absolute Gasteiger partial charge is 0.119 e. The van der Waals surface area contributed by atoms with Gasteiger partial charge in [0.2, 0.25) is 0 Å². The molecule has 0 unspecified atom stereocenters. The number of H-pyrrole nitrogens is 1. The van der Waals surface area contributed by atoms with Crippen molar-refractivity contribution < 1.29 is 5.11 Å². The van der Waals surface area contributed by atoms with E-state index in [9.17, 15) is 5.11 Å². The van der Waals surface area contributed by atoms with Crippen LogP contribution < -0.4 is 0 Å². The molecule has 0 amide bonds. The highest BCUT2D eigenvalue weighted by Crippen LogP contribution is 2.43. The van der Waals surface area contributed by atoms with Gasteiger partial charge < -0.3 is 10.1 Å². The molecule has 1 aliphatic rings. The second-order valence-electron chi connectivity index (χ2n) is 4.61. The molecule has 4 nitrogen and oxygen atoms in total. The number of phenolic OH excluding ortho intramolecular Hbond substituents is 1. The monoisotopic (exact) mass is 269 g/mol. The molecule has 0 radical (unpaired) electrons. The van der Waals surface area contributed by atoms with Crippen molar-refractivity contribution in [1.82, 2.24) is 15.0 Å². The molecule has 0 bridgehead atoms. The quantitative estimate of drug-likeness (QED) is 0.588. The van der Waals surface area contributed by atoms with Crippen molar-refractivity contribution in [3.8, 4) is 17.0 Å². The Bertz CT molecular complexity index is 746. The number of phenols is 1. The molecule has 4 rings (SSSR count). The Morgan fingerprint density at radius 1 is 1.37 bits per heavy atom. The Morgan fingerprint density at radius 2 is 2.32 bits per heavy atom. The first-order valence-electron chi connectivity index (χ1n) is 6.08. The van der Waals surface area contributed by atoms with E-state index in [-0.39, 0.29) is 0 Å². The van der Waals surface area contributed by atoms with E-state index in [0.29, 0.717) is 5.75 Å². The number of fused-ring (bicyclic) bond motifs is 3. The third-order valence-corrected chi connectivity index (χ3v) is 4.44. The van der Waals surface area contributed by atoms with E-state index in [1.165, 1.54) is 4.88 Å². The highest BCUT2D eigenvalue weighted by Gasteiger charge is 2.25. The molecular formula is C14H11N3OS. The van der Waals surface area contributed by atoms with E-state index in [2.05, 4.69) is 9.97 Å². The molecule has 0 spiro atoms. The van der Waals surface area contributed by atoms with Crippen LogP contribution in [0.15, 0.2) is 30.7 Å². The molecule has 1 aliphatic carbocycles. The molecule has 2 N–H and O–H groups in total. The van der Waals surface area contributed by atoms with Crippen LogP contribution in [-0.4, -0.2) is 20.1 Å². The molecule has 2 aromatic heterocycles. The second kappa shape index (κ2) is 3.93. The largest absolute Gasteiger partial charge is 0.508 e. The van der Waals surface area contributed by atoms with E-state index < -0.39 is 0 Å². The molecule has 0 saturated heterocycles. The lowest BCUT2D eigenvalue weighted by Gasteiger charge is -2.01. The number of nitrogens with one attached hydrogen (secondary N) is 1. The molecular weight excluding hydrogens is 258 g/mol. The maximum absolute atomic E-state index is 9.86. The van der Waals surface area contributed by atoms with E-state index in [1.807, 2.05) is 18.3 Å². The Morgan fingerprint density at radius 3 is 3.16 bits per heavy atom. The number of aromatic hydroxyl groups is 1. The van der Waals surface area contributed by atoms with Crippen molar-refractivity contribution in [3.63, 3.8) is 0 Å². The summed E-state index contributed by atoms with van der Waals surface area (Å²) in [5.74, 6) is 0.373. The zero-order valence-corrected chi connectivity index (χ0v) is 10.9. The maximum Gasteiger partial charge on any atom is 0.119 e. The first kappa shape index (κ1) is 10.8. The van der Waals surface area contributed by atoms with Gasteiger partial charge in [-0.1, -0.05) is 12.1 Å². The van der Waals surface area contributed by atoms with Crippen LogP contribution in [0.1, 0.15) is 21.1 Å². The van der Waals surface area contributed by atoms with Crippen LogP contribution in [0.3, 0.4) is 0 Å². The highest BCUT2D eigenvalue weighted by atomic mass is 32.1. The summed E-state index contributed by atoms with van der Waals surface area (Å²) in [6, 6.07) is 5.64. The molecule has 0 atom stereocenters. The zero-order valence-electron chi connectivity index (χ0n) is 10.1. The summed E-state index contributed by atoms with van der Waals surface area (Å²) in [5.41, 5.74) is 4.18. The van der Waals surface area contributed by atoms with Crippen LogP contribution in [-0.2, 0) is 12.8 Å². The van der Waals surface area contributed by atoms with Crippen molar-refractivity contribution in [2.24, 2.45) is 0 Å². The van der Waals surface area contributed by atoms with Gasteiger partial charge in [-0.25, -0.2) is 9.97 Å². The second-order valence-corrected chi connectivity index (χ2v) is 5.78. The zero-order chi connectivity index (χ0) is 12.8. The third kappa shape index (κ3) is 1.66. The maximum atomic E-state index is 9.86. The average Bonchev–Trinajstić information content (AvgIpc) is 3.07. The number of thiazole rings is 1. The Kier molecular flexibility index (Phi) is 2.22. The van der Waals surface area contributed by atoms with Crippen molar-refractivity contribution in [1.29, 1.82) is 0 Å². The number of nitrogens with zero attached hydrogens (tertiary/aromatic N) is 2.